The van der Waals surface area contributed by atoms with E-state index in [2.05, 4.69) is 14.8 Å². The Kier molecular flexibility index (Phi) is 2.93. The minimum absolute atomic E-state index is 0.0411. The quantitative estimate of drug-likeness (QED) is 0.337. The van der Waals surface area contributed by atoms with Crippen LogP contribution in [-0.4, -0.2) is 18.2 Å². The second-order valence-corrected chi connectivity index (χ2v) is 2.35. The van der Waals surface area contributed by atoms with Crippen molar-refractivity contribution in [2.45, 2.75) is 0 Å². The average Bonchev–Trinajstić information content (AvgIpc) is 2.18. The number of esters is 1. The summed E-state index contributed by atoms with van der Waals surface area (Å²) in [6, 6.07) is 4.18. The third kappa shape index (κ3) is 1.75. The van der Waals surface area contributed by atoms with Crippen LogP contribution >= 0.6 is 0 Å². The zero-order chi connectivity index (χ0) is 10.6. The normalized spacial score (nSPS) is 8.93. The van der Waals surface area contributed by atoms with Gasteiger partial charge in [-0.1, -0.05) is 17.2 Å². The first-order valence-electron chi connectivity index (χ1n) is 3.66. The van der Waals surface area contributed by atoms with E-state index in [0.29, 0.717) is 0 Å². The molecular formula is C8H7N3O3. The van der Waals surface area contributed by atoms with E-state index < -0.39 is 5.97 Å². The fraction of sp³-hybridized carbons (Fsp3) is 0.125. The number of phenols is 1. The van der Waals surface area contributed by atoms with E-state index in [9.17, 15) is 9.90 Å². The van der Waals surface area contributed by atoms with Crippen molar-refractivity contribution in [1.29, 1.82) is 0 Å². The van der Waals surface area contributed by atoms with E-state index >= 15 is 0 Å². The fourth-order valence-electron chi connectivity index (χ4n) is 0.971. The van der Waals surface area contributed by atoms with Crippen LogP contribution in [0.4, 0.5) is 5.69 Å². The lowest BCUT2D eigenvalue weighted by Gasteiger charge is -2.04. The van der Waals surface area contributed by atoms with Gasteiger partial charge in [0.1, 0.15) is 11.3 Å². The maximum absolute atomic E-state index is 11.2. The number of nitrogens with zero attached hydrogens (tertiary/aromatic N) is 3. The molecule has 0 saturated carbocycles. The predicted molar refractivity (Wildman–Crippen MR) is 48.3 cm³/mol. The molecule has 0 radical (unpaired) electrons. The van der Waals surface area contributed by atoms with Crippen molar-refractivity contribution >= 4 is 11.7 Å². The molecule has 1 rings (SSSR count). The van der Waals surface area contributed by atoms with Gasteiger partial charge in [-0.2, -0.15) is 0 Å². The maximum atomic E-state index is 11.2. The van der Waals surface area contributed by atoms with Crippen molar-refractivity contribution in [3.8, 4) is 5.75 Å². The maximum Gasteiger partial charge on any atom is 0.342 e. The lowest BCUT2D eigenvalue weighted by atomic mass is 10.1. The third-order valence-electron chi connectivity index (χ3n) is 1.56. The Balaban J connectivity index is 3.36. The van der Waals surface area contributed by atoms with Crippen LogP contribution in [0.15, 0.2) is 23.3 Å². The lowest BCUT2D eigenvalue weighted by molar-refractivity contribution is 0.0598. The van der Waals surface area contributed by atoms with E-state index in [1.54, 1.807) is 0 Å². The van der Waals surface area contributed by atoms with E-state index in [0.717, 1.165) is 0 Å². The first kappa shape index (κ1) is 9.88. The number of phenolic OH excluding ortho intramolecular Hbond substituents is 1. The van der Waals surface area contributed by atoms with Gasteiger partial charge in [0, 0.05) is 4.91 Å². The second-order valence-electron chi connectivity index (χ2n) is 2.35. The first-order chi connectivity index (χ1) is 6.70. The standard InChI is InChI=1S/C8H7N3O3/c1-14-8(13)7-5(10-11-9)3-2-4-6(7)12/h2-4,12H,1H3. The highest BCUT2D eigenvalue weighted by atomic mass is 16.5. The highest BCUT2D eigenvalue weighted by molar-refractivity contribution is 5.97. The van der Waals surface area contributed by atoms with E-state index in [4.69, 9.17) is 5.53 Å². The number of carbonyl (C=O) groups is 1. The van der Waals surface area contributed by atoms with Crippen LogP contribution in [0.2, 0.25) is 0 Å². The molecule has 0 spiro atoms. The topological polar surface area (TPSA) is 95.3 Å². The SMILES string of the molecule is COC(=O)c1c(O)cccc1N=[N+]=[N-]. The molecule has 6 heteroatoms. The van der Waals surface area contributed by atoms with Crippen LogP contribution < -0.4 is 0 Å². The van der Waals surface area contributed by atoms with E-state index in [1.165, 1.54) is 25.3 Å². The summed E-state index contributed by atoms with van der Waals surface area (Å²) in [5.74, 6) is -1.02. The van der Waals surface area contributed by atoms with Gasteiger partial charge < -0.3 is 9.84 Å². The molecule has 0 aromatic heterocycles. The number of azide groups is 1. The van der Waals surface area contributed by atoms with Gasteiger partial charge in [-0.25, -0.2) is 4.79 Å². The number of carbonyl (C=O) groups excluding carboxylic acids is 1. The van der Waals surface area contributed by atoms with Gasteiger partial charge in [-0.15, -0.1) is 0 Å². The minimum atomic E-state index is -0.745. The third-order valence-corrected chi connectivity index (χ3v) is 1.56. The summed E-state index contributed by atoms with van der Waals surface area (Å²) in [7, 11) is 1.18. The molecule has 0 amide bonds. The van der Waals surface area contributed by atoms with Gasteiger partial charge in [-0.05, 0) is 11.6 Å². The highest BCUT2D eigenvalue weighted by Gasteiger charge is 2.15. The van der Waals surface area contributed by atoms with Gasteiger partial charge in [0.2, 0.25) is 0 Å². The summed E-state index contributed by atoms with van der Waals surface area (Å²) in [6.07, 6.45) is 0. The van der Waals surface area contributed by atoms with Crippen molar-refractivity contribution in [2.75, 3.05) is 7.11 Å². The number of benzene rings is 1. The summed E-state index contributed by atoms with van der Waals surface area (Å²) < 4.78 is 4.42. The molecule has 0 aliphatic rings. The van der Waals surface area contributed by atoms with Gasteiger partial charge in [0.05, 0.1) is 12.8 Å². The smallest absolute Gasteiger partial charge is 0.342 e. The number of hydrogen-bond donors (Lipinski definition) is 1. The Morgan fingerprint density at radius 2 is 2.36 bits per heavy atom. The number of rotatable bonds is 2. The summed E-state index contributed by atoms with van der Waals surface area (Å²) >= 11 is 0. The molecule has 6 nitrogen and oxygen atoms in total. The molecule has 14 heavy (non-hydrogen) atoms. The summed E-state index contributed by atoms with van der Waals surface area (Å²) in [5.41, 5.74) is 8.12. The second kappa shape index (κ2) is 4.15. The van der Waals surface area contributed by atoms with Crippen LogP contribution in [-0.2, 0) is 4.74 Å². The molecule has 0 saturated heterocycles. The molecule has 0 unspecified atom stereocenters. The Hall–Kier alpha value is -2.20. The predicted octanol–water partition coefficient (Wildman–Crippen LogP) is 2.12. The zero-order valence-electron chi connectivity index (χ0n) is 7.34. The number of hydrogen-bond acceptors (Lipinski definition) is 4. The molecule has 1 aromatic carbocycles. The lowest BCUT2D eigenvalue weighted by Crippen LogP contribution is -2.01. The highest BCUT2D eigenvalue weighted by Crippen LogP contribution is 2.28. The zero-order valence-corrected chi connectivity index (χ0v) is 7.34. The van der Waals surface area contributed by atoms with Gasteiger partial charge in [-0.3, -0.25) is 0 Å². The fourth-order valence-corrected chi connectivity index (χ4v) is 0.971. The molecule has 0 aliphatic heterocycles. The Morgan fingerprint density at radius 1 is 1.64 bits per heavy atom. The van der Waals surface area contributed by atoms with Crippen molar-refractivity contribution in [2.24, 2.45) is 5.11 Å². The molecule has 0 aliphatic carbocycles. The summed E-state index contributed by atoms with van der Waals surface area (Å²) in [5, 5.41) is 12.6. The number of aromatic hydroxyl groups is 1. The first-order valence-corrected chi connectivity index (χ1v) is 3.66. The Bertz CT molecular complexity index is 410. The van der Waals surface area contributed by atoms with E-state index in [-0.39, 0.29) is 17.0 Å². The van der Waals surface area contributed by atoms with Crippen molar-refractivity contribution in [3.05, 3.63) is 34.2 Å². The van der Waals surface area contributed by atoms with Gasteiger partial charge in [0.25, 0.3) is 0 Å². The molecule has 0 atom stereocenters. The molecule has 0 heterocycles. The van der Waals surface area contributed by atoms with Crippen LogP contribution in [0, 0.1) is 0 Å². The Labute approximate surface area is 79.4 Å². The molecular weight excluding hydrogens is 186 g/mol. The molecule has 72 valence electrons. The van der Waals surface area contributed by atoms with Crippen LogP contribution in [0.3, 0.4) is 0 Å². The van der Waals surface area contributed by atoms with Crippen LogP contribution in [0.5, 0.6) is 5.75 Å². The summed E-state index contributed by atoms with van der Waals surface area (Å²) in [6.45, 7) is 0. The molecule has 0 fully saturated rings. The van der Waals surface area contributed by atoms with Crippen LogP contribution in [0.1, 0.15) is 10.4 Å². The van der Waals surface area contributed by atoms with E-state index in [1.807, 2.05) is 0 Å². The Morgan fingerprint density at radius 3 is 2.93 bits per heavy atom. The average molecular weight is 193 g/mol. The largest absolute Gasteiger partial charge is 0.507 e. The summed E-state index contributed by atoms with van der Waals surface area (Å²) in [4.78, 5) is 13.7. The minimum Gasteiger partial charge on any atom is -0.507 e. The van der Waals surface area contributed by atoms with Crippen molar-refractivity contribution in [3.63, 3.8) is 0 Å². The van der Waals surface area contributed by atoms with Crippen molar-refractivity contribution < 1.29 is 14.6 Å². The molecule has 1 aromatic rings. The van der Waals surface area contributed by atoms with Crippen LogP contribution in [0.25, 0.3) is 10.4 Å². The van der Waals surface area contributed by atoms with Gasteiger partial charge in [0.15, 0.2) is 0 Å². The number of ether oxygens (including phenoxy) is 1. The number of methoxy groups -OCH3 is 1. The van der Waals surface area contributed by atoms with Crippen molar-refractivity contribution in [1.82, 2.24) is 0 Å². The van der Waals surface area contributed by atoms with Gasteiger partial charge >= 0.3 is 5.97 Å². The molecule has 0 bridgehead atoms. The monoisotopic (exact) mass is 193 g/mol. The molecule has 1 N–H and O–H groups in total.